The van der Waals surface area contributed by atoms with Gasteiger partial charge in [0.15, 0.2) is 0 Å². The topological polar surface area (TPSA) is 45.3 Å². The van der Waals surface area contributed by atoms with Gasteiger partial charge >= 0.3 is 0 Å². The summed E-state index contributed by atoms with van der Waals surface area (Å²) in [5.74, 6) is 0. The second-order valence-electron chi connectivity index (χ2n) is 3.57. The first-order valence-corrected chi connectivity index (χ1v) is 5.70. The van der Waals surface area contributed by atoms with Gasteiger partial charge in [0, 0.05) is 26.2 Å². The molecule has 1 rings (SSSR count). The van der Waals surface area contributed by atoms with Crippen LogP contribution < -0.4 is 16.0 Å². The predicted octanol–water partition coefficient (Wildman–Crippen LogP) is -0.434. The van der Waals surface area contributed by atoms with E-state index in [0.29, 0.717) is 0 Å². The van der Waals surface area contributed by atoms with Crippen LogP contribution in [-0.4, -0.2) is 52.5 Å². The highest BCUT2D eigenvalue weighted by atomic mass is 16.5. The molecule has 0 bridgehead atoms. The van der Waals surface area contributed by atoms with Crippen LogP contribution >= 0.6 is 0 Å². The average Bonchev–Trinajstić information content (AvgIpc) is 2.22. The summed E-state index contributed by atoms with van der Waals surface area (Å²) < 4.78 is 5.46. The summed E-state index contributed by atoms with van der Waals surface area (Å²) in [6.07, 6.45) is 2.31. The molecule has 1 aliphatic rings. The smallest absolute Gasteiger partial charge is 0.0590 e. The van der Waals surface area contributed by atoms with Gasteiger partial charge in [-0.3, -0.25) is 0 Å². The maximum atomic E-state index is 5.46. The van der Waals surface area contributed by atoms with E-state index in [1.54, 1.807) is 0 Å². The first kappa shape index (κ1) is 11.9. The lowest BCUT2D eigenvalue weighted by Crippen LogP contribution is -2.31. The van der Waals surface area contributed by atoms with Crippen LogP contribution in [0.1, 0.15) is 12.8 Å². The van der Waals surface area contributed by atoms with Gasteiger partial charge in [-0.25, -0.2) is 0 Å². The molecule has 0 saturated carbocycles. The lowest BCUT2D eigenvalue weighted by Gasteiger charge is -2.10. The number of hydrogen-bond donors (Lipinski definition) is 3. The number of rotatable bonds is 0. The number of ether oxygens (including phenoxy) is 1. The van der Waals surface area contributed by atoms with Crippen LogP contribution in [0.3, 0.4) is 0 Å². The Kier molecular flexibility index (Phi) is 8.00. The van der Waals surface area contributed by atoms with Gasteiger partial charge in [0.2, 0.25) is 0 Å². The largest absolute Gasteiger partial charge is 0.380 e. The monoisotopic (exact) mass is 201 g/mol. The van der Waals surface area contributed by atoms with Crippen molar-refractivity contribution in [3.8, 4) is 0 Å². The van der Waals surface area contributed by atoms with E-state index in [0.717, 1.165) is 58.9 Å². The third-order valence-corrected chi connectivity index (χ3v) is 2.25. The van der Waals surface area contributed by atoms with Crippen LogP contribution in [0.15, 0.2) is 0 Å². The summed E-state index contributed by atoms with van der Waals surface area (Å²) in [4.78, 5) is 0. The van der Waals surface area contributed by atoms with Gasteiger partial charge in [-0.1, -0.05) is 0 Å². The van der Waals surface area contributed by atoms with Gasteiger partial charge < -0.3 is 20.7 Å². The van der Waals surface area contributed by atoms with E-state index in [4.69, 9.17) is 4.74 Å². The Hall–Kier alpha value is -0.160. The van der Waals surface area contributed by atoms with Gasteiger partial charge in [-0.05, 0) is 32.5 Å². The lowest BCUT2D eigenvalue weighted by molar-refractivity contribution is 0.133. The van der Waals surface area contributed by atoms with Crippen LogP contribution in [0.4, 0.5) is 0 Å². The molecule has 0 atom stereocenters. The van der Waals surface area contributed by atoms with Crippen molar-refractivity contribution in [2.75, 3.05) is 52.5 Å². The Balaban J connectivity index is 2.00. The van der Waals surface area contributed by atoms with E-state index in [1.165, 1.54) is 6.42 Å². The maximum Gasteiger partial charge on any atom is 0.0590 e. The van der Waals surface area contributed by atoms with Crippen LogP contribution in [0.5, 0.6) is 0 Å². The SMILES string of the molecule is C1CNCCNCCCOCCNC1. The second kappa shape index (κ2) is 9.40. The van der Waals surface area contributed by atoms with Crippen molar-refractivity contribution in [3.05, 3.63) is 0 Å². The summed E-state index contributed by atoms with van der Waals surface area (Å²) in [5, 5.41) is 10.1. The summed E-state index contributed by atoms with van der Waals surface area (Å²) in [5.41, 5.74) is 0. The van der Waals surface area contributed by atoms with E-state index >= 15 is 0 Å². The third-order valence-electron chi connectivity index (χ3n) is 2.25. The maximum absolute atomic E-state index is 5.46. The van der Waals surface area contributed by atoms with Crippen LogP contribution in [0.2, 0.25) is 0 Å². The van der Waals surface area contributed by atoms with Gasteiger partial charge in [0.1, 0.15) is 0 Å². The fourth-order valence-corrected chi connectivity index (χ4v) is 1.44. The zero-order chi connectivity index (χ0) is 9.90. The zero-order valence-electron chi connectivity index (χ0n) is 8.98. The molecule has 3 N–H and O–H groups in total. The fourth-order valence-electron chi connectivity index (χ4n) is 1.44. The highest BCUT2D eigenvalue weighted by molar-refractivity contribution is 4.55. The van der Waals surface area contributed by atoms with E-state index in [9.17, 15) is 0 Å². The molecule has 1 saturated heterocycles. The van der Waals surface area contributed by atoms with Gasteiger partial charge in [-0.15, -0.1) is 0 Å². The minimum atomic E-state index is 0.841. The Labute approximate surface area is 86.8 Å². The Morgan fingerprint density at radius 1 is 0.571 bits per heavy atom. The molecule has 1 heterocycles. The Morgan fingerprint density at radius 3 is 2.00 bits per heavy atom. The van der Waals surface area contributed by atoms with Crippen LogP contribution in [-0.2, 0) is 4.74 Å². The van der Waals surface area contributed by atoms with Crippen molar-refractivity contribution in [2.45, 2.75) is 12.8 Å². The normalized spacial score (nSPS) is 24.0. The van der Waals surface area contributed by atoms with Crippen molar-refractivity contribution < 1.29 is 4.74 Å². The molecule has 4 heteroatoms. The van der Waals surface area contributed by atoms with Gasteiger partial charge in [0.05, 0.1) is 6.61 Å². The Morgan fingerprint density at radius 2 is 1.21 bits per heavy atom. The average molecular weight is 201 g/mol. The second-order valence-corrected chi connectivity index (χ2v) is 3.57. The quantitative estimate of drug-likeness (QED) is 0.497. The summed E-state index contributed by atoms with van der Waals surface area (Å²) in [6, 6.07) is 0. The van der Waals surface area contributed by atoms with Crippen molar-refractivity contribution in [1.82, 2.24) is 16.0 Å². The van der Waals surface area contributed by atoms with E-state index in [-0.39, 0.29) is 0 Å². The minimum absolute atomic E-state index is 0.841. The highest BCUT2D eigenvalue weighted by Gasteiger charge is 1.93. The van der Waals surface area contributed by atoms with Crippen LogP contribution in [0, 0.1) is 0 Å². The standard InChI is InChI=1S/C10H23N3O/c1-3-11-6-7-12-5-2-9-14-10-8-13-4-1/h11-13H,1-10H2. The first-order chi connectivity index (χ1) is 7.00. The van der Waals surface area contributed by atoms with Crippen molar-refractivity contribution >= 4 is 0 Å². The highest BCUT2D eigenvalue weighted by Crippen LogP contribution is 1.81. The molecule has 0 aromatic heterocycles. The molecule has 0 radical (unpaired) electrons. The van der Waals surface area contributed by atoms with Gasteiger partial charge in [-0.2, -0.15) is 0 Å². The molecular weight excluding hydrogens is 178 g/mol. The molecule has 0 amide bonds. The molecule has 0 spiro atoms. The molecule has 1 aliphatic heterocycles. The molecule has 84 valence electrons. The van der Waals surface area contributed by atoms with E-state index in [1.807, 2.05) is 0 Å². The fraction of sp³-hybridized carbons (Fsp3) is 1.00. The molecule has 0 aromatic carbocycles. The third kappa shape index (κ3) is 7.26. The zero-order valence-corrected chi connectivity index (χ0v) is 8.98. The van der Waals surface area contributed by atoms with Crippen LogP contribution in [0.25, 0.3) is 0 Å². The molecule has 0 aliphatic carbocycles. The predicted molar refractivity (Wildman–Crippen MR) is 58.7 cm³/mol. The molecule has 4 nitrogen and oxygen atoms in total. The molecular formula is C10H23N3O. The lowest BCUT2D eigenvalue weighted by atomic mass is 10.4. The van der Waals surface area contributed by atoms with Gasteiger partial charge in [0.25, 0.3) is 0 Å². The minimum Gasteiger partial charge on any atom is -0.380 e. The number of nitrogens with one attached hydrogen (secondary N) is 3. The van der Waals surface area contributed by atoms with Crippen molar-refractivity contribution in [3.63, 3.8) is 0 Å². The number of hydrogen-bond acceptors (Lipinski definition) is 4. The molecule has 0 unspecified atom stereocenters. The Bertz CT molecular complexity index is 68.6. The van der Waals surface area contributed by atoms with E-state index < -0.39 is 0 Å². The van der Waals surface area contributed by atoms with Crippen molar-refractivity contribution in [1.29, 1.82) is 0 Å². The molecule has 14 heavy (non-hydrogen) atoms. The first-order valence-electron chi connectivity index (χ1n) is 5.70. The summed E-state index contributed by atoms with van der Waals surface area (Å²) in [7, 11) is 0. The summed E-state index contributed by atoms with van der Waals surface area (Å²) in [6.45, 7) is 8.09. The van der Waals surface area contributed by atoms with Crippen molar-refractivity contribution in [2.24, 2.45) is 0 Å². The molecule has 0 aromatic rings. The van der Waals surface area contributed by atoms with E-state index in [2.05, 4.69) is 16.0 Å². The molecule has 1 fully saturated rings. The summed E-state index contributed by atoms with van der Waals surface area (Å²) >= 11 is 0.